The number of imide groups is 1. The number of hydrogen-bond donors (Lipinski definition) is 2. The molecule has 0 aliphatic carbocycles. The Hall–Kier alpha value is -1.63. The number of hydrogen-bond acceptors (Lipinski definition) is 5. The van der Waals surface area contributed by atoms with Gasteiger partial charge in [-0.15, -0.1) is 0 Å². The van der Waals surface area contributed by atoms with Gasteiger partial charge >= 0.3 is 12.1 Å². The Morgan fingerprint density at radius 2 is 2.05 bits per heavy atom. The number of carboxylic acids is 1. The number of amides is 2. The van der Waals surface area contributed by atoms with E-state index in [1.165, 1.54) is 0 Å². The topological polar surface area (TPSA) is 95.9 Å². The highest BCUT2D eigenvalue weighted by Gasteiger charge is 2.46. The number of nitrogens with one attached hydrogen (secondary N) is 1. The van der Waals surface area contributed by atoms with E-state index in [-0.39, 0.29) is 13.2 Å². The minimum Gasteiger partial charge on any atom is -0.480 e. The third-order valence-electron chi connectivity index (χ3n) is 3.46. The first-order valence-corrected chi connectivity index (χ1v) is 6.41. The van der Waals surface area contributed by atoms with Crippen LogP contribution in [0.2, 0.25) is 0 Å². The van der Waals surface area contributed by atoms with Gasteiger partial charge in [-0.1, -0.05) is 6.92 Å². The molecule has 1 unspecified atom stereocenters. The quantitative estimate of drug-likeness (QED) is 0.760. The predicted octanol–water partition coefficient (Wildman–Crippen LogP) is 0.588. The Morgan fingerprint density at radius 1 is 1.37 bits per heavy atom. The molecule has 1 saturated heterocycles. The van der Waals surface area contributed by atoms with E-state index in [9.17, 15) is 19.5 Å². The third-order valence-corrected chi connectivity index (χ3v) is 3.46. The van der Waals surface area contributed by atoms with E-state index < -0.39 is 23.5 Å². The maximum atomic E-state index is 11.7. The zero-order chi connectivity index (χ0) is 14.5. The average molecular weight is 272 g/mol. The summed E-state index contributed by atoms with van der Waals surface area (Å²) in [6, 6.07) is 0. The van der Waals surface area contributed by atoms with Gasteiger partial charge in [-0.3, -0.25) is 19.8 Å². The summed E-state index contributed by atoms with van der Waals surface area (Å²) in [4.78, 5) is 35.8. The molecular formula is C12H20N2O5. The van der Waals surface area contributed by atoms with Gasteiger partial charge in [0.1, 0.15) is 5.54 Å². The molecule has 108 valence electrons. The molecule has 2 N–H and O–H groups in total. The Bertz CT molecular complexity index is 371. The van der Waals surface area contributed by atoms with Gasteiger partial charge in [0.15, 0.2) is 0 Å². The van der Waals surface area contributed by atoms with Gasteiger partial charge in [-0.2, -0.15) is 0 Å². The number of likely N-dealkylation sites (tertiary alicyclic amines) is 1. The largest absolute Gasteiger partial charge is 0.480 e. The molecule has 0 aromatic carbocycles. The summed E-state index contributed by atoms with van der Waals surface area (Å²) in [5.41, 5.74) is -0.994. The molecule has 0 aromatic heterocycles. The Labute approximate surface area is 111 Å². The summed E-state index contributed by atoms with van der Waals surface area (Å²) < 4.78 is 4.60. The van der Waals surface area contributed by atoms with E-state index in [1.807, 2.05) is 0 Å². The van der Waals surface area contributed by atoms with Crippen LogP contribution in [0.3, 0.4) is 0 Å². The van der Waals surface area contributed by atoms with E-state index >= 15 is 0 Å². The molecule has 1 aliphatic heterocycles. The second-order valence-corrected chi connectivity index (χ2v) is 4.48. The van der Waals surface area contributed by atoms with Gasteiger partial charge < -0.3 is 9.84 Å². The fourth-order valence-corrected chi connectivity index (χ4v) is 2.45. The molecule has 2 amide bonds. The summed E-state index contributed by atoms with van der Waals surface area (Å²) in [6.45, 7) is 4.03. The maximum absolute atomic E-state index is 11.7. The fraction of sp³-hybridized carbons (Fsp3) is 0.750. The molecule has 0 spiro atoms. The molecule has 0 aromatic rings. The number of ether oxygens (including phenoxy) is 1. The monoisotopic (exact) mass is 272 g/mol. The Kier molecular flexibility index (Phi) is 5.29. The summed E-state index contributed by atoms with van der Waals surface area (Å²) in [5.74, 6) is -1.46. The van der Waals surface area contributed by atoms with Crippen molar-refractivity contribution in [3.63, 3.8) is 0 Å². The summed E-state index contributed by atoms with van der Waals surface area (Å²) >= 11 is 0. The Morgan fingerprint density at radius 3 is 2.58 bits per heavy atom. The van der Waals surface area contributed by atoms with E-state index in [0.717, 1.165) is 6.42 Å². The van der Waals surface area contributed by atoms with E-state index in [0.29, 0.717) is 19.4 Å². The minimum absolute atomic E-state index is 0.112. The van der Waals surface area contributed by atoms with E-state index in [2.05, 4.69) is 10.1 Å². The van der Waals surface area contributed by atoms with Crippen LogP contribution in [0.15, 0.2) is 0 Å². The van der Waals surface area contributed by atoms with Crippen molar-refractivity contribution in [1.29, 1.82) is 0 Å². The molecule has 1 aliphatic rings. The zero-order valence-electron chi connectivity index (χ0n) is 11.3. The lowest BCUT2D eigenvalue weighted by atomic mass is 9.93. The first-order valence-electron chi connectivity index (χ1n) is 6.41. The van der Waals surface area contributed by atoms with E-state index in [1.54, 1.807) is 18.7 Å². The molecule has 0 saturated carbocycles. The highest BCUT2D eigenvalue weighted by atomic mass is 16.5. The number of alkyl carbamates (subject to hydrolysis) is 1. The van der Waals surface area contributed by atoms with Crippen LogP contribution in [0.1, 0.15) is 33.1 Å². The number of carboxylic acid groups (broad SMARTS) is 1. The molecule has 19 heavy (non-hydrogen) atoms. The van der Waals surface area contributed by atoms with Crippen molar-refractivity contribution >= 4 is 18.0 Å². The molecule has 1 fully saturated rings. The Balaban J connectivity index is 2.62. The van der Waals surface area contributed by atoms with Gasteiger partial charge in [0.05, 0.1) is 13.2 Å². The number of nitrogens with zero attached hydrogens (tertiary/aromatic N) is 1. The second kappa shape index (κ2) is 6.51. The number of aliphatic carboxylic acids is 1. The average Bonchev–Trinajstić information content (AvgIpc) is 2.73. The predicted molar refractivity (Wildman–Crippen MR) is 66.6 cm³/mol. The second-order valence-electron chi connectivity index (χ2n) is 4.48. The number of carbonyl (C=O) groups excluding carboxylic acids is 2. The number of rotatable bonds is 5. The summed E-state index contributed by atoms with van der Waals surface area (Å²) in [6.07, 6.45) is 0.872. The molecule has 1 atom stereocenters. The lowest BCUT2D eigenvalue weighted by Gasteiger charge is -2.33. The summed E-state index contributed by atoms with van der Waals surface area (Å²) in [7, 11) is 0. The molecular weight excluding hydrogens is 252 g/mol. The van der Waals surface area contributed by atoms with E-state index in [4.69, 9.17) is 0 Å². The lowest BCUT2D eigenvalue weighted by molar-refractivity contribution is -0.150. The van der Waals surface area contributed by atoms with Crippen LogP contribution in [-0.2, 0) is 14.3 Å². The van der Waals surface area contributed by atoms with Crippen molar-refractivity contribution in [3.8, 4) is 0 Å². The van der Waals surface area contributed by atoms with Crippen LogP contribution in [0.25, 0.3) is 0 Å². The fourth-order valence-electron chi connectivity index (χ4n) is 2.45. The van der Waals surface area contributed by atoms with Gasteiger partial charge in [0.25, 0.3) is 0 Å². The van der Waals surface area contributed by atoms with Crippen LogP contribution in [-0.4, -0.2) is 53.2 Å². The first-order chi connectivity index (χ1) is 8.96. The van der Waals surface area contributed by atoms with Crippen molar-refractivity contribution in [1.82, 2.24) is 10.2 Å². The molecule has 1 heterocycles. The summed E-state index contributed by atoms with van der Waals surface area (Å²) in [5, 5.41) is 11.4. The van der Waals surface area contributed by atoms with Gasteiger partial charge in [-0.25, -0.2) is 4.79 Å². The van der Waals surface area contributed by atoms with Crippen molar-refractivity contribution < 1.29 is 24.2 Å². The molecule has 0 bridgehead atoms. The minimum atomic E-state index is -0.994. The third kappa shape index (κ3) is 3.44. The highest BCUT2D eigenvalue weighted by Crippen LogP contribution is 2.32. The van der Waals surface area contributed by atoms with Crippen molar-refractivity contribution in [2.75, 3.05) is 19.7 Å². The normalized spacial score (nSPS) is 23.1. The lowest BCUT2D eigenvalue weighted by Crippen LogP contribution is -2.53. The highest BCUT2D eigenvalue weighted by molar-refractivity contribution is 5.93. The van der Waals surface area contributed by atoms with Crippen LogP contribution < -0.4 is 5.32 Å². The van der Waals surface area contributed by atoms with Crippen LogP contribution in [0, 0.1) is 0 Å². The molecule has 0 radical (unpaired) electrons. The van der Waals surface area contributed by atoms with Crippen molar-refractivity contribution in [2.24, 2.45) is 0 Å². The van der Waals surface area contributed by atoms with Crippen LogP contribution in [0.5, 0.6) is 0 Å². The van der Waals surface area contributed by atoms with Crippen molar-refractivity contribution in [3.05, 3.63) is 0 Å². The van der Waals surface area contributed by atoms with Gasteiger partial charge in [0, 0.05) is 0 Å². The number of carbonyl (C=O) groups is 3. The van der Waals surface area contributed by atoms with Crippen LogP contribution in [0.4, 0.5) is 4.79 Å². The molecule has 1 rings (SSSR count). The van der Waals surface area contributed by atoms with Gasteiger partial charge in [-0.05, 0) is 32.7 Å². The molecule has 7 heteroatoms. The first kappa shape index (κ1) is 15.4. The standard InChI is InChI=1S/C12H20N2O5/c1-3-12(10(16)17)6-5-7-14(12)8-9(15)13-11(18)19-4-2/h3-8H2,1-2H3,(H,16,17)(H,13,15,18). The molecule has 7 nitrogen and oxygen atoms in total. The smallest absolute Gasteiger partial charge is 0.413 e. The zero-order valence-corrected chi connectivity index (χ0v) is 11.3. The van der Waals surface area contributed by atoms with Crippen LogP contribution >= 0.6 is 0 Å². The maximum Gasteiger partial charge on any atom is 0.413 e. The van der Waals surface area contributed by atoms with Crippen molar-refractivity contribution in [2.45, 2.75) is 38.6 Å². The SMILES string of the molecule is CCOC(=O)NC(=O)CN1CCCC1(CC)C(=O)O. The van der Waals surface area contributed by atoms with Gasteiger partial charge in [0.2, 0.25) is 5.91 Å².